The highest BCUT2D eigenvalue weighted by Gasteiger charge is 2.35. The van der Waals surface area contributed by atoms with E-state index in [4.69, 9.17) is 0 Å². The average molecular weight is 236 g/mol. The summed E-state index contributed by atoms with van der Waals surface area (Å²) in [6.45, 7) is 6.55. The van der Waals surface area contributed by atoms with Crippen LogP contribution in [-0.2, 0) is 6.42 Å². The van der Waals surface area contributed by atoms with Gasteiger partial charge in [-0.05, 0) is 44.6 Å². The smallest absolute Gasteiger partial charge is 0.0706 e. The van der Waals surface area contributed by atoms with Crippen LogP contribution in [0.2, 0.25) is 0 Å². The molecule has 1 saturated carbocycles. The molecule has 17 heavy (non-hydrogen) atoms. The molecule has 1 N–H and O–H groups in total. The zero-order chi connectivity index (χ0) is 12.5. The van der Waals surface area contributed by atoms with Crippen molar-refractivity contribution >= 4 is 0 Å². The molecule has 0 aromatic carbocycles. The monoisotopic (exact) mass is 236 g/mol. The lowest BCUT2D eigenvalue weighted by Gasteiger charge is -2.21. The van der Waals surface area contributed by atoms with Crippen LogP contribution in [0.25, 0.3) is 0 Å². The van der Waals surface area contributed by atoms with Crippen molar-refractivity contribution in [2.24, 2.45) is 5.92 Å². The van der Waals surface area contributed by atoms with E-state index in [1.807, 2.05) is 16.9 Å². The van der Waals surface area contributed by atoms with Gasteiger partial charge in [-0.3, -0.25) is 4.68 Å². The minimum absolute atomic E-state index is 0.445. The highest BCUT2D eigenvalue weighted by molar-refractivity contribution is 5.06. The predicted octanol–water partition coefficient (Wildman–Crippen LogP) is 2.95. The first kappa shape index (κ1) is 12.6. The third kappa shape index (κ3) is 2.89. The Balaban J connectivity index is 2.02. The van der Waals surface area contributed by atoms with Crippen LogP contribution in [-0.4, -0.2) is 20.5 Å². The fourth-order valence-electron chi connectivity index (χ4n) is 2.77. The standard InChI is InChI=1S/C14H24N2O/c1-4-12(3)16-8-6-13(15-16)10-14(17)7-5-11(2)9-14/h6,8,11-12,17H,4-5,7,9-10H2,1-3H3. The summed E-state index contributed by atoms with van der Waals surface area (Å²) in [7, 11) is 0. The van der Waals surface area contributed by atoms with E-state index in [1.54, 1.807) is 0 Å². The van der Waals surface area contributed by atoms with Gasteiger partial charge >= 0.3 is 0 Å². The van der Waals surface area contributed by atoms with Gasteiger partial charge in [0.1, 0.15) is 0 Å². The van der Waals surface area contributed by atoms with E-state index in [1.165, 1.54) is 0 Å². The highest BCUT2D eigenvalue weighted by atomic mass is 16.3. The van der Waals surface area contributed by atoms with Crippen molar-refractivity contribution in [3.8, 4) is 0 Å². The Morgan fingerprint density at radius 1 is 1.65 bits per heavy atom. The molecule has 1 aromatic rings. The largest absolute Gasteiger partial charge is 0.389 e. The van der Waals surface area contributed by atoms with Crippen LogP contribution in [0.15, 0.2) is 12.3 Å². The van der Waals surface area contributed by atoms with Gasteiger partial charge in [0.05, 0.1) is 11.3 Å². The van der Waals surface area contributed by atoms with Gasteiger partial charge in [-0.2, -0.15) is 5.10 Å². The van der Waals surface area contributed by atoms with Crippen LogP contribution in [0.4, 0.5) is 0 Å². The Hall–Kier alpha value is -0.830. The lowest BCUT2D eigenvalue weighted by atomic mass is 9.95. The minimum Gasteiger partial charge on any atom is -0.389 e. The van der Waals surface area contributed by atoms with Gasteiger partial charge in [-0.15, -0.1) is 0 Å². The first-order valence-corrected chi connectivity index (χ1v) is 6.79. The summed E-state index contributed by atoms with van der Waals surface area (Å²) >= 11 is 0. The molecule has 0 amide bonds. The molecule has 1 heterocycles. The van der Waals surface area contributed by atoms with E-state index in [-0.39, 0.29) is 0 Å². The van der Waals surface area contributed by atoms with Gasteiger partial charge in [-0.1, -0.05) is 13.8 Å². The second-order valence-electron chi connectivity index (χ2n) is 5.79. The third-order valence-electron chi connectivity index (χ3n) is 4.05. The number of hydrogen-bond acceptors (Lipinski definition) is 2. The van der Waals surface area contributed by atoms with Crippen molar-refractivity contribution in [3.63, 3.8) is 0 Å². The summed E-state index contributed by atoms with van der Waals surface area (Å²) in [5.74, 6) is 0.650. The molecule has 96 valence electrons. The van der Waals surface area contributed by atoms with Gasteiger partial charge in [0, 0.05) is 18.7 Å². The average Bonchev–Trinajstić information content (AvgIpc) is 2.85. The Bertz CT molecular complexity index is 374. The van der Waals surface area contributed by atoms with Crippen molar-refractivity contribution in [2.75, 3.05) is 0 Å². The maximum absolute atomic E-state index is 10.5. The summed E-state index contributed by atoms with van der Waals surface area (Å²) in [4.78, 5) is 0. The Labute approximate surface area is 104 Å². The Morgan fingerprint density at radius 3 is 3.00 bits per heavy atom. The van der Waals surface area contributed by atoms with Crippen LogP contribution < -0.4 is 0 Å². The second kappa shape index (κ2) is 4.81. The Kier molecular flexibility index (Phi) is 3.57. The molecule has 1 aliphatic carbocycles. The van der Waals surface area contributed by atoms with Crippen molar-refractivity contribution < 1.29 is 5.11 Å². The molecule has 0 aliphatic heterocycles. The van der Waals surface area contributed by atoms with Gasteiger partial charge in [0.15, 0.2) is 0 Å². The Morgan fingerprint density at radius 2 is 2.41 bits per heavy atom. The van der Waals surface area contributed by atoms with E-state index in [9.17, 15) is 5.11 Å². The summed E-state index contributed by atoms with van der Waals surface area (Å²) in [6, 6.07) is 2.49. The predicted molar refractivity (Wildman–Crippen MR) is 68.9 cm³/mol. The van der Waals surface area contributed by atoms with Crippen LogP contribution in [0.1, 0.15) is 58.2 Å². The van der Waals surface area contributed by atoms with Gasteiger partial charge in [0.25, 0.3) is 0 Å². The summed E-state index contributed by atoms with van der Waals surface area (Å²) in [5, 5.41) is 15.0. The van der Waals surface area contributed by atoms with Crippen LogP contribution in [0, 0.1) is 5.92 Å². The van der Waals surface area contributed by atoms with Gasteiger partial charge < -0.3 is 5.11 Å². The number of aromatic nitrogens is 2. The molecule has 1 fully saturated rings. The number of aliphatic hydroxyl groups is 1. The second-order valence-corrected chi connectivity index (χ2v) is 5.79. The molecule has 0 spiro atoms. The van der Waals surface area contributed by atoms with Crippen LogP contribution in [0.5, 0.6) is 0 Å². The summed E-state index contributed by atoms with van der Waals surface area (Å²) in [5.41, 5.74) is 0.524. The molecular weight excluding hydrogens is 212 g/mol. The number of rotatable bonds is 4. The lowest BCUT2D eigenvalue weighted by Crippen LogP contribution is -2.28. The van der Waals surface area contributed by atoms with E-state index in [0.29, 0.717) is 18.4 Å². The molecule has 1 aromatic heterocycles. The quantitative estimate of drug-likeness (QED) is 0.872. The third-order valence-corrected chi connectivity index (χ3v) is 4.05. The number of hydrogen-bond donors (Lipinski definition) is 1. The van der Waals surface area contributed by atoms with Crippen molar-refractivity contribution in [1.29, 1.82) is 0 Å². The topological polar surface area (TPSA) is 38.0 Å². The summed E-state index contributed by atoms with van der Waals surface area (Å²) in [6.07, 6.45) is 6.81. The van der Waals surface area contributed by atoms with Crippen LogP contribution in [0.3, 0.4) is 0 Å². The maximum Gasteiger partial charge on any atom is 0.0706 e. The molecular formula is C14H24N2O. The maximum atomic E-state index is 10.5. The molecule has 3 atom stereocenters. The van der Waals surface area contributed by atoms with E-state index in [2.05, 4.69) is 25.9 Å². The SMILES string of the molecule is CCC(C)n1ccc(CC2(O)CCC(C)C2)n1. The fraction of sp³-hybridized carbons (Fsp3) is 0.786. The van der Waals surface area contributed by atoms with Crippen molar-refractivity contribution in [3.05, 3.63) is 18.0 Å². The zero-order valence-corrected chi connectivity index (χ0v) is 11.2. The highest BCUT2D eigenvalue weighted by Crippen LogP contribution is 2.36. The first-order chi connectivity index (χ1) is 8.02. The summed E-state index contributed by atoms with van der Waals surface area (Å²) < 4.78 is 2.01. The number of nitrogens with zero attached hydrogens (tertiary/aromatic N) is 2. The van der Waals surface area contributed by atoms with E-state index >= 15 is 0 Å². The van der Waals surface area contributed by atoms with E-state index < -0.39 is 5.60 Å². The van der Waals surface area contributed by atoms with Crippen molar-refractivity contribution in [2.45, 2.75) is 64.5 Å². The molecule has 2 rings (SSSR count). The molecule has 3 nitrogen and oxygen atoms in total. The van der Waals surface area contributed by atoms with Crippen molar-refractivity contribution in [1.82, 2.24) is 9.78 Å². The molecule has 3 unspecified atom stereocenters. The van der Waals surface area contributed by atoms with Gasteiger partial charge in [-0.25, -0.2) is 0 Å². The minimum atomic E-state index is -0.506. The zero-order valence-electron chi connectivity index (χ0n) is 11.2. The lowest BCUT2D eigenvalue weighted by molar-refractivity contribution is 0.0435. The first-order valence-electron chi connectivity index (χ1n) is 6.79. The molecule has 0 radical (unpaired) electrons. The van der Waals surface area contributed by atoms with E-state index in [0.717, 1.165) is 31.4 Å². The molecule has 0 saturated heterocycles. The normalized spacial score (nSPS) is 30.7. The van der Waals surface area contributed by atoms with Gasteiger partial charge in [0.2, 0.25) is 0 Å². The molecule has 1 aliphatic rings. The van der Waals surface area contributed by atoms with Crippen LogP contribution >= 0.6 is 0 Å². The molecule has 3 heteroatoms. The molecule has 0 bridgehead atoms. The fourth-order valence-corrected chi connectivity index (χ4v) is 2.77.